The summed E-state index contributed by atoms with van der Waals surface area (Å²) in [5.41, 5.74) is 6.89. The highest BCUT2D eigenvalue weighted by Gasteiger charge is 2.03. The zero-order chi connectivity index (χ0) is 12.7. The largest absolute Gasteiger partial charge is 0.382 e. The minimum atomic E-state index is -0.00815. The predicted octanol–water partition coefficient (Wildman–Crippen LogP) is 2.32. The Balaban J connectivity index is 2.41. The molecule has 17 heavy (non-hydrogen) atoms. The fourth-order valence-electron chi connectivity index (χ4n) is 1.67. The Labute approximate surface area is 103 Å². The van der Waals surface area contributed by atoms with Gasteiger partial charge in [-0.3, -0.25) is 10.4 Å². The van der Waals surface area contributed by atoms with Gasteiger partial charge in [-0.2, -0.15) is 0 Å². The molecule has 4 heteroatoms. The molecular weight excluding hydrogens is 214 g/mol. The number of ether oxygens (including phenoxy) is 1. The first-order chi connectivity index (χ1) is 8.13. The minimum absolute atomic E-state index is 0.00815. The lowest BCUT2D eigenvalue weighted by molar-refractivity contribution is 0.0893. The molecule has 94 valence electrons. The molecule has 0 fully saturated rings. The predicted molar refractivity (Wildman–Crippen MR) is 69.0 cm³/mol. The third-order valence-electron chi connectivity index (χ3n) is 2.55. The fourth-order valence-corrected chi connectivity index (χ4v) is 1.67. The maximum Gasteiger partial charge on any atom is 0.141 e. The van der Waals surface area contributed by atoms with Gasteiger partial charge in [0.25, 0.3) is 0 Å². The van der Waals surface area contributed by atoms with E-state index in [1.807, 2.05) is 6.07 Å². The van der Waals surface area contributed by atoms with Gasteiger partial charge in [0.2, 0.25) is 0 Å². The van der Waals surface area contributed by atoms with E-state index in [4.69, 9.17) is 15.9 Å². The quantitative estimate of drug-likeness (QED) is 0.562. The number of nitrogen functional groups attached to an aromatic ring is 1. The maximum absolute atomic E-state index is 7.31. The molecule has 0 radical (unpaired) electrons. The molecule has 0 spiro atoms. The molecule has 1 aromatic rings. The van der Waals surface area contributed by atoms with E-state index in [1.54, 1.807) is 12.3 Å². The molecule has 0 saturated carbocycles. The second-order valence-corrected chi connectivity index (χ2v) is 4.37. The van der Waals surface area contributed by atoms with Crippen LogP contribution in [0.5, 0.6) is 0 Å². The van der Waals surface area contributed by atoms with E-state index in [2.05, 4.69) is 18.8 Å². The summed E-state index contributed by atoms with van der Waals surface area (Å²) in [4.78, 5) is 4.01. The Hall–Kier alpha value is -1.42. The van der Waals surface area contributed by atoms with Gasteiger partial charge in [0, 0.05) is 12.8 Å². The summed E-state index contributed by atoms with van der Waals surface area (Å²) in [6, 6.07) is 3.68. The molecule has 1 rings (SSSR count). The smallest absolute Gasteiger partial charge is 0.141 e. The Kier molecular flexibility index (Phi) is 5.63. The van der Waals surface area contributed by atoms with Crippen LogP contribution >= 0.6 is 0 Å². The van der Waals surface area contributed by atoms with Gasteiger partial charge in [-0.1, -0.05) is 20.3 Å². The third kappa shape index (κ3) is 4.95. The number of hydrogen-bond acceptors (Lipinski definition) is 3. The van der Waals surface area contributed by atoms with Crippen molar-refractivity contribution in [3.05, 3.63) is 29.6 Å². The molecule has 1 unspecified atom stereocenters. The number of pyridine rings is 1. The van der Waals surface area contributed by atoms with E-state index < -0.39 is 0 Å². The number of aromatic nitrogens is 1. The second kappa shape index (κ2) is 7.01. The summed E-state index contributed by atoms with van der Waals surface area (Å²) < 4.78 is 5.63. The van der Waals surface area contributed by atoms with Gasteiger partial charge in [0.1, 0.15) is 11.5 Å². The van der Waals surface area contributed by atoms with Gasteiger partial charge in [0.05, 0.1) is 6.61 Å². The Bertz CT molecular complexity index is 365. The zero-order valence-corrected chi connectivity index (χ0v) is 10.6. The zero-order valence-electron chi connectivity index (χ0n) is 10.6. The summed E-state index contributed by atoms with van der Waals surface area (Å²) in [5.74, 6) is 0.584. The monoisotopic (exact) mass is 235 g/mol. The van der Waals surface area contributed by atoms with Crippen LogP contribution in [0.1, 0.15) is 37.9 Å². The lowest BCUT2D eigenvalue weighted by Crippen LogP contribution is -2.13. The van der Waals surface area contributed by atoms with Crippen LogP contribution in [-0.2, 0) is 11.3 Å². The highest BCUT2D eigenvalue weighted by atomic mass is 16.5. The average molecular weight is 235 g/mol. The van der Waals surface area contributed by atoms with Crippen molar-refractivity contribution in [2.24, 2.45) is 11.7 Å². The number of hydrogen-bond donors (Lipinski definition) is 2. The van der Waals surface area contributed by atoms with Gasteiger partial charge in [-0.25, -0.2) is 0 Å². The Morgan fingerprint density at radius 1 is 1.59 bits per heavy atom. The standard InChI is InChI=1S/C13H21N3O/c1-3-4-10(2)8-17-9-11-5-6-16-12(7-11)13(14)15/h5-7,10H,3-4,8-9H2,1-2H3,(H3,14,15). The first kappa shape index (κ1) is 13.6. The van der Waals surface area contributed by atoms with Gasteiger partial charge in [-0.15, -0.1) is 0 Å². The highest BCUT2D eigenvalue weighted by molar-refractivity contribution is 5.93. The van der Waals surface area contributed by atoms with Crippen LogP contribution in [0.25, 0.3) is 0 Å². The molecular formula is C13H21N3O. The number of nitrogens with two attached hydrogens (primary N) is 1. The number of nitrogens with zero attached hydrogens (tertiary/aromatic N) is 1. The lowest BCUT2D eigenvalue weighted by Gasteiger charge is -2.11. The van der Waals surface area contributed by atoms with Crippen LogP contribution in [-0.4, -0.2) is 17.4 Å². The number of nitrogens with one attached hydrogen (secondary N) is 1. The number of rotatable bonds is 7. The third-order valence-corrected chi connectivity index (χ3v) is 2.55. The minimum Gasteiger partial charge on any atom is -0.382 e. The molecule has 1 atom stereocenters. The summed E-state index contributed by atoms with van der Waals surface area (Å²) in [5, 5.41) is 7.31. The van der Waals surface area contributed by atoms with Crippen molar-refractivity contribution in [2.45, 2.75) is 33.3 Å². The van der Waals surface area contributed by atoms with Crippen molar-refractivity contribution >= 4 is 5.84 Å². The van der Waals surface area contributed by atoms with Gasteiger partial charge in [-0.05, 0) is 30.0 Å². The molecule has 1 heterocycles. The molecule has 0 aliphatic carbocycles. The molecule has 0 aromatic carbocycles. The number of amidine groups is 1. The molecule has 4 nitrogen and oxygen atoms in total. The van der Waals surface area contributed by atoms with Gasteiger partial charge < -0.3 is 10.5 Å². The summed E-state index contributed by atoms with van der Waals surface area (Å²) >= 11 is 0. The van der Waals surface area contributed by atoms with Crippen LogP contribution in [0, 0.1) is 11.3 Å². The molecule has 0 amide bonds. The fraction of sp³-hybridized carbons (Fsp3) is 0.538. The Morgan fingerprint density at radius 3 is 3.00 bits per heavy atom. The van der Waals surface area contributed by atoms with E-state index in [-0.39, 0.29) is 5.84 Å². The van der Waals surface area contributed by atoms with Crippen molar-refractivity contribution in [3.8, 4) is 0 Å². The van der Waals surface area contributed by atoms with Crippen molar-refractivity contribution < 1.29 is 4.74 Å². The Morgan fingerprint density at radius 2 is 2.35 bits per heavy atom. The molecule has 0 aliphatic rings. The van der Waals surface area contributed by atoms with Crippen molar-refractivity contribution in [1.29, 1.82) is 5.41 Å². The second-order valence-electron chi connectivity index (χ2n) is 4.37. The molecule has 0 aliphatic heterocycles. The topological polar surface area (TPSA) is 72.0 Å². The van der Waals surface area contributed by atoms with Crippen molar-refractivity contribution in [3.63, 3.8) is 0 Å². The summed E-state index contributed by atoms with van der Waals surface area (Å²) in [7, 11) is 0. The van der Waals surface area contributed by atoms with Crippen LogP contribution in [0.3, 0.4) is 0 Å². The van der Waals surface area contributed by atoms with E-state index in [1.165, 1.54) is 12.8 Å². The van der Waals surface area contributed by atoms with Gasteiger partial charge >= 0.3 is 0 Å². The first-order valence-electron chi connectivity index (χ1n) is 6.00. The lowest BCUT2D eigenvalue weighted by atomic mass is 10.1. The van der Waals surface area contributed by atoms with Crippen molar-refractivity contribution in [1.82, 2.24) is 4.98 Å². The van der Waals surface area contributed by atoms with E-state index in [0.717, 1.165) is 12.2 Å². The van der Waals surface area contributed by atoms with E-state index >= 15 is 0 Å². The summed E-state index contributed by atoms with van der Waals surface area (Å²) in [6.45, 7) is 5.69. The van der Waals surface area contributed by atoms with Crippen LogP contribution in [0.2, 0.25) is 0 Å². The maximum atomic E-state index is 7.31. The molecule has 0 saturated heterocycles. The van der Waals surface area contributed by atoms with Crippen LogP contribution in [0.4, 0.5) is 0 Å². The normalized spacial score (nSPS) is 12.4. The van der Waals surface area contributed by atoms with Crippen LogP contribution < -0.4 is 5.73 Å². The van der Waals surface area contributed by atoms with Crippen LogP contribution in [0.15, 0.2) is 18.3 Å². The van der Waals surface area contributed by atoms with E-state index in [0.29, 0.717) is 18.2 Å². The van der Waals surface area contributed by atoms with Gasteiger partial charge in [0.15, 0.2) is 0 Å². The average Bonchev–Trinajstić information content (AvgIpc) is 2.30. The van der Waals surface area contributed by atoms with Crippen molar-refractivity contribution in [2.75, 3.05) is 6.61 Å². The highest BCUT2D eigenvalue weighted by Crippen LogP contribution is 2.08. The van der Waals surface area contributed by atoms with E-state index in [9.17, 15) is 0 Å². The summed E-state index contributed by atoms with van der Waals surface area (Å²) in [6.07, 6.45) is 4.04. The molecule has 0 bridgehead atoms. The molecule has 3 N–H and O–H groups in total. The first-order valence-corrected chi connectivity index (χ1v) is 6.00. The SMILES string of the molecule is CCCC(C)COCc1ccnc(C(=N)N)c1. The molecule has 1 aromatic heterocycles.